The number of aryl methyl sites for hydroxylation is 1. The molecular weight excluding hydrogens is 408 g/mol. The molecule has 7 nitrogen and oxygen atoms in total. The van der Waals surface area contributed by atoms with Crippen molar-refractivity contribution in [1.29, 1.82) is 5.26 Å². The van der Waals surface area contributed by atoms with Gasteiger partial charge in [-0.15, -0.1) is 0 Å². The highest BCUT2D eigenvalue weighted by Gasteiger charge is 2.26. The van der Waals surface area contributed by atoms with Crippen molar-refractivity contribution in [3.8, 4) is 17.6 Å². The first-order valence-electron chi connectivity index (χ1n) is 9.88. The number of aromatic nitrogens is 1. The molecule has 1 aromatic heterocycles. The van der Waals surface area contributed by atoms with Crippen LogP contribution in [-0.4, -0.2) is 18.1 Å². The highest BCUT2D eigenvalue weighted by atomic mass is 16.6. The van der Waals surface area contributed by atoms with Crippen molar-refractivity contribution in [3.05, 3.63) is 89.3 Å². The molecule has 1 heterocycles. The Hall–Kier alpha value is -4.31. The average Bonchev–Trinajstić information content (AvgIpc) is 3.29. The molecule has 0 radical (unpaired) electrons. The van der Waals surface area contributed by atoms with E-state index in [0.29, 0.717) is 16.9 Å². The number of oxazole rings is 1. The zero-order valence-electron chi connectivity index (χ0n) is 17.6. The maximum atomic E-state index is 12.5. The molecule has 0 fully saturated rings. The van der Waals surface area contributed by atoms with Gasteiger partial charge in [0.2, 0.25) is 6.10 Å². The van der Waals surface area contributed by atoms with Crippen LogP contribution in [0, 0.1) is 18.3 Å². The fourth-order valence-corrected chi connectivity index (χ4v) is 3.29. The topological polar surface area (TPSA) is 94.6 Å². The molecule has 0 N–H and O–H groups in total. The molecule has 7 heteroatoms. The zero-order valence-corrected chi connectivity index (χ0v) is 17.6. The molecule has 4 rings (SSSR count). The van der Waals surface area contributed by atoms with Crippen LogP contribution in [0.1, 0.15) is 28.4 Å². The van der Waals surface area contributed by atoms with E-state index in [-0.39, 0.29) is 17.9 Å². The second-order valence-corrected chi connectivity index (χ2v) is 7.09. The van der Waals surface area contributed by atoms with Crippen LogP contribution in [0.2, 0.25) is 0 Å². The molecule has 0 aliphatic carbocycles. The molecule has 0 aliphatic rings. The van der Waals surface area contributed by atoms with Crippen LogP contribution in [0.3, 0.4) is 0 Å². The quantitative estimate of drug-likeness (QED) is 0.387. The van der Waals surface area contributed by atoms with Gasteiger partial charge in [-0.2, -0.15) is 5.26 Å². The monoisotopic (exact) mass is 428 g/mol. The van der Waals surface area contributed by atoms with Gasteiger partial charge in [-0.3, -0.25) is 0 Å². The SMILES string of the molecule is COC(=O)C(Oc1cc(OCc2ccc3ncoc3c2)ccc1C#N)c1ccccc1C. The van der Waals surface area contributed by atoms with Crippen molar-refractivity contribution in [2.75, 3.05) is 7.11 Å². The lowest BCUT2D eigenvalue weighted by Crippen LogP contribution is -2.21. The van der Waals surface area contributed by atoms with Crippen LogP contribution in [0.5, 0.6) is 11.5 Å². The maximum Gasteiger partial charge on any atom is 0.351 e. The van der Waals surface area contributed by atoms with Crippen LogP contribution < -0.4 is 9.47 Å². The number of hydrogen-bond donors (Lipinski definition) is 0. The Balaban J connectivity index is 1.58. The third kappa shape index (κ3) is 4.40. The van der Waals surface area contributed by atoms with Gasteiger partial charge in [0, 0.05) is 11.6 Å². The Bertz CT molecular complexity index is 1310. The number of carbonyl (C=O) groups is 1. The van der Waals surface area contributed by atoms with Gasteiger partial charge in [0.15, 0.2) is 12.0 Å². The Labute approximate surface area is 184 Å². The summed E-state index contributed by atoms with van der Waals surface area (Å²) < 4.78 is 22.1. The van der Waals surface area contributed by atoms with Gasteiger partial charge in [0.05, 0.1) is 12.7 Å². The third-order valence-corrected chi connectivity index (χ3v) is 5.01. The molecule has 1 atom stereocenters. The van der Waals surface area contributed by atoms with E-state index >= 15 is 0 Å². The van der Waals surface area contributed by atoms with Gasteiger partial charge in [-0.1, -0.05) is 30.3 Å². The van der Waals surface area contributed by atoms with Crippen LogP contribution in [0.25, 0.3) is 11.1 Å². The van der Waals surface area contributed by atoms with E-state index in [9.17, 15) is 10.1 Å². The molecule has 3 aromatic carbocycles. The lowest BCUT2D eigenvalue weighted by Gasteiger charge is -2.20. The Kier molecular flexibility index (Phi) is 6.04. The molecule has 160 valence electrons. The Morgan fingerprint density at radius 3 is 2.78 bits per heavy atom. The first-order valence-corrected chi connectivity index (χ1v) is 9.88. The molecule has 1 unspecified atom stereocenters. The van der Waals surface area contributed by atoms with Crippen LogP contribution in [-0.2, 0) is 16.1 Å². The number of hydrogen-bond acceptors (Lipinski definition) is 7. The average molecular weight is 428 g/mol. The lowest BCUT2D eigenvalue weighted by atomic mass is 10.0. The largest absolute Gasteiger partial charge is 0.489 e. The molecular formula is C25H20N2O5. The van der Waals surface area contributed by atoms with Crippen molar-refractivity contribution in [2.24, 2.45) is 0 Å². The summed E-state index contributed by atoms with van der Waals surface area (Å²) in [5.41, 5.74) is 4.16. The van der Waals surface area contributed by atoms with E-state index in [0.717, 1.165) is 16.6 Å². The number of methoxy groups -OCH3 is 1. The van der Waals surface area contributed by atoms with Crippen molar-refractivity contribution in [2.45, 2.75) is 19.6 Å². The van der Waals surface area contributed by atoms with E-state index < -0.39 is 12.1 Å². The number of esters is 1. The fraction of sp³-hybridized carbons (Fsp3) is 0.160. The van der Waals surface area contributed by atoms with Gasteiger partial charge in [0.25, 0.3) is 0 Å². The number of nitrogens with zero attached hydrogens (tertiary/aromatic N) is 2. The minimum Gasteiger partial charge on any atom is -0.489 e. The Morgan fingerprint density at radius 2 is 2.00 bits per heavy atom. The molecule has 0 saturated heterocycles. The number of benzene rings is 3. The van der Waals surface area contributed by atoms with Crippen LogP contribution in [0.4, 0.5) is 0 Å². The third-order valence-electron chi connectivity index (χ3n) is 5.01. The van der Waals surface area contributed by atoms with Crippen molar-refractivity contribution in [3.63, 3.8) is 0 Å². The predicted octanol–water partition coefficient (Wildman–Crippen LogP) is 4.88. The molecule has 0 aliphatic heterocycles. The summed E-state index contributed by atoms with van der Waals surface area (Å²) in [5, 5.41) is 9.53. The second kappa shape index (κ2) is 9.23. The van der Waals surface area contributed by atoms with E-state index in [1.165, 1.54) is 13.5 Å². The van der Waals surface area contributed by atoms with E-state index in [1.807, 2.05) is 43.3 Å². The highest BCUT2D eigenvalue weighted by Crippen LogP contribution is 2.31. The summed E-state index contributed by atoms with van der Waals surface area (Å²) in [6.07, 6.45) is 0.378. The van der Waals surface area contributed by atoms with Crippen molar-refractivity contribution < 1.29 is 23.4 Å². The zero-order chi connectivity index (χ0) is 22.5. The summed E-state index contributed by atoms with van der Waals surface area (Å²) in [6, 6.07) is 19.9. The molecule has 0 spiro atoms. The molecule has 0 bridgehead atoms. The minimum atomic E-state index is -1.02. The fourth-order valence-electron chi connectivity index (χ4n) is 3.29. The summed E-state index contributed by atoms with van der Waals surface area (Å²) in [5.74, 6) is 0.161. The van der Waals surface area contributed by atoms with Crippen molar-refractivity contribution >= 4 is 17.1 Å². The van der Waals surface area contributed by atoms with Crippen LogP contribution in [0.15, 0.2) is 71.5 Å². The predicted molar refractivity (Wildman–Crippen MR) is 116 cm³/mol. The number of rotatable bonds is 7. The number of ether oxygens (including phenoxy) is 3. The highest BCUT2D eigenvalue weighted by molar-refractivity contribution is 5.77. The molecule has 0 amide bonds. The van der Waals surface area contributed by atoms with Gasteiger partial charge in [-0.05, 0) is 42.3 Å². The Morgan fingerprint density at radius 1 is 1.16 bits per heavy atom. The van der Waals surface area contributed by atoms with E-state index in [4.69, 9.17) is 18.6 Å². The summed E-state index contributed by atoms with van der Waals surface area (Å²) in [6.45, 7) is 2.16. The lowest BCUT2D eigenvalue weighted by molar-refractivity contribution is -0.149. The number of carbonyl (C=O) groups excluding carboxylic acids is 1. The van der Waals surface area contributed by atoms with Crippen LogP contribution >= 0.6 is 0 Å². The molecule has 32 heavy (non-hydrogen) atoms. The first-order chi connectivity index (χ1) is 15.6. The summed E-state index contributed by atoms with van der Waals surface area (Å²) >= 11 is 0. The summed E-state index contributed by atoms with van der Waals surface area (Å²) in [7, 11) is 1.30. The van der Waals surface area contributed by atoms with E-state index in [2.05, 4.69) is 11.1 Å². The van der Waals surface area contributed by atoms with Crippen molar-refractivity contribution in [1.82, 2.24) is 4.98 Å². The molecule has 4 aromatic rings. The van der Waals surface area contributed by atoms with Gasteiger partial charge in [0.1, 0.15) is 29.7 Å². The normalized spacial score (nSPS) is 11.5. The molecule has 0 saturated carbocycles. The number of nitriles is 1. The van der Waals surface area contributed by atoms with Gasteiger partial charge >= 0.3 is 5.97 Å². The second-order valence-electron chi connectivity index (χ2n) is 7.09. The first kappa shape index (κ1) is 20.9. The minimum absolute atomic E-state index is 0.231. The smallest absolute Gasteiger partial charge is 0.351 e. The van der Waals surface area contributed by atoms with Gasteiger partial charge in [-0.25, -0.2) is 9.78 Å². The van der Waals surface area contributed by atoms with Gasteiger partial charge < -0.3 is 18.6 Å². The number of fused-ring (bicyclic) bond motifs is 1. The standard InChI is InChI=1S/C25H20N2O5/c1-16-5-3-4-6-20(16)24(25(28)29-2)32-22-12-19(9-8-18(22)13-26)30-14-17-7-10-21-23(11-17)31-15-27-21/h3-12,15,24H,14H2,1-2H3. The maximum absolute atomic E-state index is 12.5. The van der Waals surface area contributed by atoms with E-state index in [1.54, 1.807) is 24.3 Å². The summed E-state index contributed by atoms with van der Waals surface area (Å²) in [4.78, 5) is 16.6.